The van der Waals surface area contributed by atoms with Crippen molar-refractivity contribution in [3.8, 4) is 5.75 Å². The molecule has 0 fully saturated rings. The molecule has 1 N–H and O–H groups in total. The molecule has 0 bridgehead atoms. The van der Waals surface area contributed by atoms with E-state index in [1.807, 2.05) is 18.2 Å². The van der Waals surface area contributed by atoms with Crippen molar-refractivity contribution in [1.29, 1.82) is 0 Å². The van der Waals surface area contributed by atoms with Crippen molar-refractivity contribution in [3.63, 3.8) is 0 Å². The average Bonchev–Trinajstić information content (AvgIpc) is 3.10. The SMILES string of the molecule is COc1ccc2sc(SCC(=O)Nc3ncc(Br)s3)nc2c1. The highest BCUT2D eigenvalue weighted by atomic mass is 79.9. The Hall–Kier alpha value is -1.16. The number of fused-ring (bicyclic) bond motifs is 1. The Labute approximate surface area is 147 Å². The monoisotopic (exact) mass is 415 g/mol. The summed E-state index contributed by atoms with van der Waals surface area (Å²) in [7, 11) is 1.63. The lowest BCUT2D eigenvalue weighted by molar-refractivity contribution is -0.113. The van der Waals surface area contributed by atoms with Crippen LogP contribution in [0.2, 0.25) is 0 Å². The lowest BCUT2D eigenvalue weighted by atomic mass is 10.3. The van der Waals surface area contributed by atoms with Gasteiger partial charge in [-0.1, -0.05) is 23.1 Å². The van der Waals surface area contributed by atoms with Crippen molar-refractivity contribution in [2.24, 2.45) is 0 Å². The van der Waals surface area contributed by atoms with Gasteiger partial charge in [0.05, 0.1) is 33.1 Å². The first-order chi connectivity index (χ1) is 10.6. The molecule has 2 aromatic heterocycles. The van der Waals surface area contributed by atoms with Gasteiger partial charge in [0.2, 0.25) is 5.91 Å². The molecule has 0 spiro atoms. The largest absolute Gasteiger partial charge is 0.497 e. The van der Waals surface area contributed by atoms with E-state index in [1.165, 1.54) is 23.1 Å². The summed E-state index contributed by atoms with van der Waals surface area (Å²) in [5, 5.41) is 3.35. The molecule has 3 rings (SSSR count). The maximum atomic E-state index is 11.9. The van der Waals surface area contributed by atoms with Crippen LogP contribution < -0.4 is 10.1 Å². The molecule has 22 heavy (non-hydrogen) atoms. The summed E-state index contributed by atoms with van der Waals surface area (Å²) in [6, 6.07) is 5.77. The molecule has 1 aromatic carbocycles. The molecular formula is C13H10BrN3O2S3. The van der Waals surface area contributed by atoms with Crippen LogP contribution in [0, 0.1) is 0 Å². The van der Waals surface area contributed by atoms with Crippen LogP contribution in [0.25, 0.3) is 10.2 Å². The summed E-state index contributed by atoms with van der Waals surface area (Å²) < 4.78 is 8.00. The zero-order chi connectivity index (χ0) is 15.5. The van der Waals surface area contributed by atoms with E-state index in [0.29, 0.717) is 10.9 Å². The molecule has 5 nitrogen and oxygen atoms in total. The van der Waals surface area contributed by atoms with E-state index >= 15 is 0 Å². The third kappa shape index (κ3) is 3.78. The number of nitrogens with one attached hydrogen (secondary N) is 1. The van der Waals surface area contributed by atoms with Gasteiger partial charge in [-0.15, -0.1) is 11.3 Å². The second kappa shape index (κ2) is 6.95. The summed E-state index contributed by atoms with van der Waals surface area (Å²) >= 11 is 7.67. The number of methoxy groups -OCH3 is 1. The molecule has 0 unspecified atom stereocenters. The number of thioether (sulfide) groups is 1. The summed E-state index contributed by atoms with van der Waals surface area (Å²) in [4.78, 5) is 20.5. The first kappa shape index (κ1) is 15.7. The van der Waals surface area contributed by atoms with Crippen LogP contribution in [0.5, 0.6) is 5.75 Å². The van der Waals surface area contributed by atoms with Gasteiger partial charge in [-0.25, -0.2) is 9.97 Å². The van der Waals surface area contributed by atoms with Gasteiger partial charge in [-0.05, 0) is 28.1 Å². The predicted molar refractivity (Wildman–Crippen MR) is 95.3 cm³/mol. The Balaban J connectivity index is 1.62. The molecule has 0 saturated heterocycles. The van der Waals surface area contributed by atoms with Crippen molar-refractivity contribution in [1.82, 2.24) is 9.97 Å². The third-order valence-corrected chi connectivity index (χ3v) is 6.20. The molecule has 0 radical (unpaired) electrons. The number of aromatic nitrogens is 2. The van der Waals surface area contributed by atoms with Crippen LogP contribution in [0.4, 0.5) is 5.13 Å². The number of thiazole rings is 2. The van der Waals surface area contributed by atoms with Crippen LogP contribution in [0.3, 0.4) is 0 Å². The van der Waals surface area contributed by atoms with Crippen molar-refractivity contribution in [3.05, 3.63) is 28.2 Å². The maximum Gasteiger partial charge on any atom is 0.236 e. The van der Waals surface area contributed by atoms with Gasteiger partial charge in [-0.2, -0.15) is 0 Å². The molecule has 3 aromatic rings. The summed E-state index contributed by atoms with van der Waals surface area (Å²) in [6.45, 7) is 0. The fraction of sp³-hybridized carbons (Fsp3) is 0.154. The van der Waals surface area contributed by atoms with Crippen LogP contribution in [0.15, 0.2) is 32.5 Å². The van der Waals surface area contributed by atoms with Crippen molar-refractivity contribution in [2.75, 3.05) is 18.2 Å². The average molecular weight is 416 g/mol. The Morgan fingerprint density at radius 2 is 2.32 bits per heavy atom. The topological polar surface area (TPSA) is 64.1 Å². The molecule has 0 aliphatic carbocycles. The number of hydrogen-bond donors (Lipinski definition) is 1. The minimum Gasteiger partial charge on any atom is -0.497 e. The third-order valence-electron chi connectivity index (χ3n) is 2.63. The van der Waals surface area contributed by atoms with E-state index in [2.05, 4.69) is 31.2 Å². The minimum atomic E-state index is -0.0938. The highest BCUT2D eigenvalue weighted by Crippen LogP contribution is 2.31. The lowest BCUT2D eigenvalue weighted by Gasteiger charge is -1.99. The van der Waals surface area contributed by atoms with Gasteiger partial charge >= 0.3 is 0 Å². The van der Waals surface area contributed by atoms with E-state index in [1.54, 1.807) is 24.6 Å². The summed E-state index contributed by atoms with van der Waals surface area (Å²) in [5.41, 5.74) is 0.885. The van der Waals surface area contributed by atoms with E-state index in [4.69, 9.17) is 4.74 Å². The van der Waals surface area contributed by atoms with Gasteiger partial charge in [0.15, 0.2) is 9.47 Å². The zero-order valence-electron chi connectivity index (χ0n) is 11.3. The number of ether oxygens (including phenoxy) is 1. The predicted octanol–water partition coefficient (Wildman–Crippen LogP) is 4.25. The first-order valence-corrected chi connectivity index (χ1v) is 9.54. The Morgan fingerprint density at radius 1 is 1.45 bits per heavy atom. The van der Waals surface area contributed by atoms with Gasteiger partial charge in [0.1, 0.15) is 5.75 Å². The van der Waals surface area contributed by atoms with Crippen LogP contribution >= 0.6 is 50.4 Å². The van der Waals surface area contributed by atoms with Gasteiger partial charge in [-0.3, -0.25) is 4.79 Å². The highest BCUT2D eigenvalue weighted by molar-refractivity contribution is 9.11. The second-order valence-corrected chi connectivity index (χ2v) is 8.78. The van der Waals surface area contributed by atoms with Crippen LogP contribution in [-0.4, -0.2) is 28.7 Å². The molecule has 114 valence electrons. The Kier molecular flexibility index (Phi) is 4.97. The summed E-state index contributed by atoms with van der Waals surface area (Å²) in [5.74, 6) is 0.985. The zero-order valence-corrected chi connectivity index (χ0v) is 15.4. The van der Waals surface area contributed by atoms with Crippen molar-refractivity contribution >= 4 is 71.6 Å². The molecule has 1 amide bonds. The number of benzene rings is 1. The molecule has 2 heterocycles. The first-order valence-electron chi connectivity index (χ1n) is 6.12. The number of rotatable bonds is 5. The second-order valence-electron chi connectivity index (χ2n) is 4.12. The number of carbonyl (C=O) groups is 1. The Bertz CT molecular complexity index is 818. The molecular weight excluding hydrogens is 406 g/mol. The molecule has 9 heteroatoms. The maximum absolute atomic E-state index is 11.9. The smallest absolute Gasteiger partial charge is 0.236 e. The number of halogens is 1. The molecule has 0 aliphatic rings. The highest BCUT2D eigenvalue weighted by Gasteiger charge is 2.10. The molecule has 0 atom stereocenters. The van der Waals surface area contributed by atoms with Crippen molar-refractivity contribution in [2.45, 2.75) is 4.34 Å². The lowest BCUT2D eigenvalue weighted by Crippen LogP contribution is -2.13. The van der Waals surface area contributed by atoms with Crippen LogP contribution in [0.1, 0.15) is 0 Å². The number of nitrogens with zero attached hydrogens (tertiary/aromatic N) is 2. The fourth-order valence-corrected chi connectivity index (χ4v) is 4.64. The van der Waals surface area contributed by atoms with Gasteiger partial charge in [0.25, 0.3) is 0 Å². The molecule has 0 saturated carbocycles. The number of amides is 1. The van der Waals surface area contributed by atoms with E-state index < -0.39 is 0 Å². The number of carbonyl (C=O) groups excluding carboxylic acids is 1. The van der Waals surface area contributed by atoms with E-state index in [0.717, 1.165) is 24.1 Å². The minimum absolute atomic E-state index is 0.0938. The quantitative estimate of drug-likeness (QED) is 0.630. The van der Waals surface area contributed by atoms with Gasteiger partial charge in [0, 0.05) is 6.07 Å². The van der Waals surface area contributed by atoms with Crippen LogP contribution in [-0.2, 0) is 4.79 Å². The standard InChI is InChI=1S/C13H10BrN3O2S3/c1-19-7-2-3-9-8(4-7)16-13(21-9)20-6-11(18)17-12-15-5-10(14)22-12/h2-5H,6H2,1H3,(H,15,17,18). The summed E-state index contributed by atoms with van der Waals surface area (Å²) in [6.07, 6.45) is 1.66. The Morgan fingerprint density at radius 3 is 3.05 bits per heavy atom. The fourth-order valence-electron chi connectivity index (χ4n) is 1.67. The van der Waals surface area contributed by atoms with Crippen molar-refractivity contribution < 1.29 is 9.53 Å². The van der Waals surface area contributed by atoms with E-state index in [-0.39, 0.29) is 5.91 Å². The normalized spacial score (nSPS) is 10.8. The van der Waals surface area contributed by atoms with Gasteiger partial charge < -0.3 is 10.1 Å². The number of hydrogen-bond acceptors (Lipinski definition) is 7. The van der Waals surface area contributed by atoms with E-state index in [9.17, 15) is 4.79 Å². The molecule has 0 aliphatic heterocycles. The number of anilines is 1.